The van der Waals surface area contributed by atoms with E-state index in [9.17, 15) is 0 Å². The molecule has 0 radical (unpaired) electrons. The fourth-order valence-corrected chi connectivity index (χ4v) is 1.90. The minimum atomic E-state index is 0.795. The highest BCUT2D eigenvalue weighted by Gasteiger charge is 2.05. The van der Waals surface area contributed by atoms with E-state index in [0.29, 0.717) is 0 Å². The predicted octanol–water partition coefficient (Wildman–Crippen LogP) is 3.94. The van der Waals surface area contributed by atoms with Crippen molar-refractivity contribution in [3.63, 3.8) is 0 Å². The maximum absolute atomic E-state index is 6.13. The molecule has 16 heavy (non-hydrogen) atoms. The Balaban J connectivity index is 2.30. The second-order valence-electron chi connectivity index (χ2n) is 3.58. The first kappa shape index (κ1) is 11.0. The molecule has 2 aromatic rings. The van der Waals surface area contributed by atoms with Crippen LogP contribution >= 0.6 is 11.6 Å². The normalized spacial score (nSPS) is 10.1. The number of hydrogen-bond acceptors (Lipinski definition) is 1. The molecule has 0 aromatic heterocycles. The smallest absolute Gasteiger partial charge is 0.122 e. The summed E-state index contributed by atoms with van der Waals surface area (Å²) >= 11 is 6.13. The van der Waals surface area contributed by atoms with Gasteiger partial charge in [0.15, 0.2) is 0 Å². The summed E-state index contributed by atoms with van der Waals surface area (Å²) < 4.78 is 5.31. The number of para-hydroxylation sites is 1. The summed E-state index contributed by atoms with van der Waals surface area (Å²) in [6, 6.07) is 15.9. The van der Waals surface area contributed by atoms with Crippen molar-refractivity contribution in [3.05, 3.63) is 64.7 Å². The average Bonchev–Trinajstić information content (AvgIpc) is 2.33. The summed E-state index contributed by atoms with van der Waals surface area (Å²) in [5.74, 6) is 0.905. The monoisotopic (exact) mass is 232 g/mol. The van der Waals surface area contributed by atoms with Gasteiger partial charge in [-0.1, -0.05) is 48.0 Å². The van der Waals surface area contributed by atoms with Gasteiger partial charge in [0.25, 0.3) is 0 Å². The number of ether oxygens (including phenoxy) is 1. The quantitative estimate of drug-likeness (QED) is 0.779. The third kappa shape index (κ3) is 2.37. The van der Waals surface area contributed by atoms with E-state index < -0.39 is 0 Å². The van der Waals surface area contributed by atoms with E-state index in [4.69, 9.17) is 16.3 Å². The molecule has 0 heterocycles. The van der Waals surface area contributed by atoms with Crippen LogP contribution < -0.4 is 4.74 Å². The van der Waals surface area contributed by atoms with E-state index in [2.05, 4.69) is 6.07 Å². The summed E-state index contributed by atoms with van der Waals surface area (Å²) in [7, 11) is 1.69. The lowest BCUT2D eigenvalue weighted by Crippen LogP contribution is -1.93. The van der Waals surface area contributed by atoms with Gasteiger partial charge in [-0.15, -0.1) is 0 Å². The summed E-state index contributed by atoms with van der Waals surface area (Å²) in [5.41, 5.74) is 2.27. The molecule has 0 fully saturated rings. The van der Waals surface area contributed by atoms with E-state index in [-0.39, 0.29) is 0 Å². The van der Waals surface area contributed by atoms with Crippen LogP contribution in [0, 0.1) is 0 Å². The van der Waals surface area contributed by atoms with Crippen LogP contribution in [-0.4, -0.2) is 7.11 Å². The molecule has 0 aliphatic heterocycles. The van der Waals surface area contributed by atoms with Crippen LogP contribution in [0.25, 0.3) is 0 Å². The lowest BCUT2D eigenvalue weighted by molar-refractivity contribution is 0.410. The zero-order valence-corrected chi connectivity index (χ0v) is 9.87. The van der Waals surface area contributed by atoms with Crippen LogP contribution in [0.4, 0.5) is 0 Å². The maximum Gasteiger partial charge on any atom is 0.122 e. The summed E-state index contributed by atoms with van der Waals surface area (Å²) in [4.78, 5) is 0. The molecule has 0 atom stereocenters. The van der Waals surface area contributed by atoms with Crippen molar-refractivity contribution in [2.24, 2.45) is 0 Å². The summed E-state index contributed by atoms with van der Waals surface area (Å²) in [6.07, 6.45) is 0.795. The van der Waals surface area contributed by atoms with Crippen molar-refractivity contribution >= 4 is 11.6 Å². The first-order valence-electron chi connectivity index (χ1n) is 5.16. The van der Waals surface area contributed by atoms with Crippen molar-refractivity contribution in [3.8, 4) is 5.75 Å². The Kier molecular flexibility index (Phi) is 3.47. The Bertz CT molecular complexity index is 480. The SMILES string of the molecule is COc1ccccc1Cc1ccccc1Cl. The van der Waals surface area contributed by atoms with Gasteiger partial charge in [0.2, 0.25) is 0 Å². The van der Waals surface area contributed by atoms with Gasteiger partial charge in [-0.25, -0.2) is 0 Å². The van der Waals surface area contributed by atoms with Crippen molar-refractivity contribution in [2.45, 2.75) is 6.42 Å². The lowest BCUT2D eigenvalue weighted by atomic mass is 10.0. The highest BCUT2D eigenvalue weighted by Crippen LogP contribution is 2.24. The van der Waals surface area contributed by atoms with Gasteiger partial charge in [-0.05, 0) is 23.3 Å². The Morgan fingerprint density at radius 2 is 1.56 bits per heavy atom. The van der Waals surface area contributed by atoms with E-state index in [1.807, 2.05) is 42.5 Å². The predicted molar refractivity (Wildman–Crippen MR) is 67.3 cm³/mol. The number of halogens is 1. The second-order valence-corrected chi connectivity index (χ2v) is 3.99. The molecule has 0 spiro atoms. The molecule has 0 aliphatic rings. The van der Waals surface area contributed by atoms with Gasteiger partial charge >= 0.3 is 0 Å². The van der Waals surface area contributed by atoms with E-state index in [1.54, 1.807) is 7.11 Å². The number of rotatable bonds is 3. The fourth-order valence-electron chi connectivity index (χ4n) is 1.70. The zero-order valence-electron chi connectivity index (χ0n) is 9.11. The lowest BCUT2D eigenvalue weighted by Gasteiger charge is -2.09. The van der Waals surface area contributed by atoms with Gasteiger partial charge in [-0.2, -0.15) is 0 Å². The standard InChI is InChI=1S/C14H13ClO/c1-16-14-9-5-3-7-12(14)10-11-6-2-4-8-13(11)15/h2-9H,10H2,1H3. The molecule has 0 unspecified atom stereocenters. The van der Waals surface area contributed by atoms with Crippen molar-refractivity contribution in [2.75, 3.05) is 7.11 Å². The minimum absolute atomic E-state index is 0.795. The molecule has 0 amide bonds. The van der Waals surface area contributed by atoms with E-state index in [1.165, 1.54) is 0 Å². The number of methoxy groups -OCH3 is 1. The van der Waals surface area contributed by atoms with Crippen LogP contribution in [0.5, 0.6) is 5.75 Å². The highest BCUT2D eigenvalue weighted by atomic mass is 35.5. The first-order valence-corrected chi connectivity index (χ1v) is 5.54. The third-order valence-corrected chi connectivity index (χ3v) is 2.90. The van der Waals surface area contributed by atoms with Crippen LogP contribution in [0.15, 0.2) is 48.5 Å². The fraction of sp³-hybridized carbons (Fsp3) is 0.143. The zero-order chi connectivity index (χ0) is 11.4. The van der Waals surface area contributed by atoms with Gasteiger partial charge in [0, 0.05) is 11.4 Å². The molecule has 2 aromatic carbocycles. The average molecular weight is 233 g/mol. The molecule has 0 N–H and O–H groups in total. The van der Waals surface area contributed by atoms with Crippen molar-refractivity contribution < 1.29 is 4.74 Å². The molecular weight excluding hydrogens is 220 g/mol. The number of benzene rings is 2. The maximum atomic E-state index is 6.13. The van der Waals surface area contributed by atoms with Crippen molar-refractivity contribution in [1.82, 2.24) is 0 Å². The topological polar surface area (TPSA) is 9.23 Å². The Morgan fingerprint density at radius 1 is 0.938 bits per heavy atom. The second kappa shape index (κ2) is 5.04. The molecule has 2 heteroatoms. The Hall–Kier alpha value is -1.47. The van der Waals surface area contributed by atoms with Gasteiger partial charge in [0.05, 0.1) is 7.11 Å². The Morgan fingerprint density at radius 3 is 2.25 bits per heavy atom. The van der Waals surface area contributed by atoms with E-state index in [0.717, 1.165) is 28.3 Å². The largest absolute Gasteiger partial charge is 0.496 e. The minimum Gasteiger partial charge on any atom is -0.496 e. The van der Waals surface area contributed by atoms with Crippen LogP contribution in [0.3, 0.4) is 0 Å². The van der Waals surface area contributed by atoms with Gasteiger partial charge in [-0.3, -0.25) is 0 Å². The molecule has 0 saturated heterocycles. The molecule has 2 rings (SSSR count). The molecular formula is C14H13ClO. The first-order chi connectivity index (χ1) is 7.81. The third-order valence-electron chi connectivity index (χ3n) is 2.53. The van der Waals surface area contributed by atoms with Crippen LogP contribution in [0.2, 0.25) is 5.02 Å². The van der Waals surface area contributed by atoms with Crippen molar-refractivity contribution in [1.29, 1.82) is 0 Å². The molecule has 0 aliphatic carbocycles. The van der Waals surface area contributed by atoms with Crippen LogP contribution in [0.1, 0.15) is 11.1 Å². The van der Waals surface area contributed by atoms with Gasteiger partial charge in [0.1, 0.15) is 5.75 Å². The molecule has 0 bridgehead atoms. The molecule has 82 valence electrons. The highest BCUT2D eigenvalue weighted by molar-refractivity contribution is 6.31. The van der Waals surface area contributed by atoms with Gasteiger partial charge < -0.3 is 4.74 Å². The number of hydrogen-bond donors (Lipinski definition) is 0. The molecule has 1 nitrogen and oxygen atoms in total. The van der Waals surface area contributed by atoms with E-state index >= 15 is 0 Å². The van der Waals surface area contributed by atoms with Crippen LogP contribution in [-0.2, 0) is 6.42 Å². The Labute approximate surface area is 101 Å². The summed E-state index contributed by atoms with van der Waals surface area (Å²) in [5, 5.41) is 0.799. The summed E-state index contributed by atoms with van der Waals surface area (Å²) in [6.45, 7) is 0. The molecule has 0 saturated carbocycles.